The van der Waals surface area contributed by atoms with Crippen LogP contribution >= 0.6 is 0 Å². The summed E-state index contributed by atoms with van der Waals surface area (Å²) >= 11 is 0. The summed E-state index contributed by atoms with van der Waals surface area (Å²) in [5, 5.41) is 7.73. The highest BCUT2D eigenvalue weighted by Crippen LogP contribution is 2.14. The molecule has 0 atom stereocenters. The molecule has 4 rings (SSSR count). The van der Waals surface area contributed by atoms with Crippen LogP contribution in [-0.4, -0.2) is 17.7 Å². The normalized spacial score (nSPS) is 10.5. The molecular formula is C30H24F3N3O3. The Morgan fingerprint density at radius 2 is 0.718 bits per heavy atom. The summed E-state index contributed by atoms with van der Waals surface area (Å²) < 4.78 is 41.9. The Morgan fingerprint density at radius 1 is 0.462 bits per heavy atom. The summed E-state index contributed by atoms with van der Waals surface area (Å²) in [5.41, 5.74) is 0.690. The second-order valence-corrected chi connectivity index (χ2v) is 8.62. The zero-order valence-corrected chi connectivity index (χ0v) is 20.6. The van der Waals surface area contributed by atoms with E-state index in [1.807, 2.05) is 0 Å². The minimum Gasteiger partial charge on any atom is -0.348 e. The average molecular weight is 532 g/mol. The molecule has 0 aliphatic carbocycles. The highest BCUT2D eigenvalue weighted by molar-refractivity contribution is 6.04. The van der Waals surface area contributed by atoms with Crippen molar-refractivity contribution in [3.05, 3.63) is 142 Å². The molecule has 3 N–H and O–H groups in total. The van der Waals surface area contributed by atoms with E-state index >= 15 is 0 Å². The molecule has 0 bridgehead atoms. The molecule has 0 spiro atoms. The maximum Gasteiger partial charge on any atom is 0.251 e. The molecule has 0 saturated heterocycles. The number of nitrogens with one attached hydrogen (secondary N) is 3. The number of carbonyl (C=O) groups is 3. The number of carbonyl (C=O) groups excluding carboxylic acids is 3. The topological polar surface area (TPSA) is 87.3 Å². The van der Waals surface area contributed by atoms with Crippen molar-refractivity contribution in [1.29, 1.82) is 0 Å². The summed E-state index contributed by atoms with van der Waals surface area (Å²) in [6.07, 6.45) is 0. The van der Waals surface area contributed by atoms with Gasteiger partial charge in [-0.1, -0.05) is 54.6 Å². The van der Waals surface area contributed by atoms with Gasteiger partial charge in [-0.05, 0) is 36.4 Å². The molecule has 0 aromatic heterocycles. The van der Waals surface area contributed by atoms with Gasteiger partial charge < -0.3 is 16.0 Å². The number of amides is 3. The number of halogens is 3. The first kappa shape index (κ1) is 27.1. The van der Waals surface area contributed by atoms with Crippen LogP contribution in [0.3, 0.4) is 0 Å². The second kappa shape index (κ2) is 12.6. The van der Waals surface area contributed by atoms with E-state index in [0.717, 1.165) is 0 Å². The third-order valence-corrected chi connectivity index (χ3v) is 5.91. The molecule has 9 heteroatoms. The van der Waals surface area contributed by atoms with Gasteiger partial charge in [0.2, 0.25) is 0 Å². The van der Waals surface area contributed by atoms with Gasteiger partial charge in [0.25, 0.3) is 17.7 Å². The van der Waals surface area contributed by atoms with Crippen LogP contribution in [0.4, 0.5) is 13.2 Å². The third-order valence-electron chi connectivity index (χ3n) is 5.91. The van der Waals surface area contributed by atoms with E-state index in [2.05, 4.69) is 16.0 Å². The summed E-state index contributed by atoms with van der Waals surface area (Å²) in [7, 11) is 0. The predicted octanol–water partition coefficient (Wildman–Crippen LogP) is 4.89. The summed E-state index contributed by atoms with van der Waals surface area (Å²) in [6.45, 7) is -0.363. The van der Waals surface area contributed by atoms with Gasteiger partial charge in [0, 0.05) is 53.0 Å². The van der Waals surface area contributed by atoms with Crippen molar-refractivity contribution in [2.75, 3.05) is 0 Å². The Labute approximate surface area is 222 Å². The van der Waals surface area contributed by atoms with Crippen LogP contribution < -0.4 is 16.0 Å². The lowest BCUT2D eigenvalue weighted by Gasteiger charge is -2.12. The van der Waals surface area contributed by atoms with Crippen LogP contribution in [0.25, 0.3) is 0 Å². The van der Waals surface area contributed by atoms with Crippen molar-refractivity contribution < 1.29 is 27.6 Å². The summed E-state index contributed by atoms with van der Waals surface area (Å²) in [4.78, 5) is 38.8. The van der Waals surface area contributed by atoms with Crippen LogP contribution in [0.2, 0.25) is 0 Å². The first-order chi connectivity index (χ1) is 18.8. The quantitative estimate of drug-likeness (QED) is 0.287. The molecule has 4 aromatic carbocycles. The monoisotopic (exact) mass is 531 g/mol. The highest BCUT2D eigenvalue weighted by atomic mass is 19.1. The van der Waals surface area contributed by atoms with Crippen LogP contribution in [0, 0.1) is 17.5 Å². The number of benzene rings is 4. The molecule has 0 aliphatic heterocycles. The van der Waals surface area contributed by atoms with E-state index in [9.17, 15) is 27.6 Å². The lowest BCUT2D eigenvalue weighted by Crippen LogP contribution is -2.28. The molecule has 0 fully saturated rings. The Hall–Kier alpha value is -4.92. The van der Waals surface area contributed by atoms with Gasteiger partial charge in [-0.15, -0.1) is 0 Å². The molecule has 0 radical (unpaired) electrons. The highest BCUT2D eigenvalue weighted by Gasteiger charge is 2.18. The molecular weight excluding hydrogens is 507 g/mol. The smallest absolute Gasteiger partial charge is 0.251 e. The molecule has 0 saturated carbocycles. The first-order valence-electron chi connectivity index (χ1n) is 12.0. The lowest BCUT2D eigenvalue weighted by molar-refractivity contribution is 0.0950. The van der Waals surface area contributed by atoms with Crippen molar-refractivity contribution in [3.8, 4) is 0 Å². The Morgan fingerprint density at radius 3 is 0.974 bits per heavy atom. The maximum absolute atomic E-state index is 14.0. The Bertz CT molecular complexity index is 1330. The van der Waals surface area contributed by atoms with Crippen molar-refractivity contribution in [3.63, 3.8) is 0 Å². The van der Waals surface area contributed by atoms with E-state index in [-0.39, 0.29) is 53.0 Å². The third kappa shape index (κ3) is 7.10. The fraction of sp³-hybridized carbons (Fsp3) is 0.100. The van der Waals surface area contributed by atoms with E-state index < -0.39 is 35.2 Å². The number of hydrogen-bond donors (Lipinski definition) is 3. The molecule has 0 heterocycles. The van der Waals surface area contributed by atoms with Crippen molar-refractivity contribution in [2.45, 2.75) is 19.6 Å². The van der Waals surface area contributed by atoms with E-state index in [1.165, 1.54) is 72.8 Å². The Balaban J connectivity index is 1.56. The van der Waals surface area contributed by atoms with Gasteiger partial charge in [-0.25, -0.2) is 13.2 Å². The average Bonchev–Trinajstić information content (AvgIpc) is 2.95. The zero-order valence-electron chi connectivity index (χ0n) is 20.6. The molecule has 6 nitrogen and oxygen atoms in total. The molecule has 0 unspecified atom stereocenters. The van der Waals surface area contributed by atoms with E-state index in [0.29, 0.717) is 0 Å². The minimum absolute atomic E-state index is 0.0269. The lowest BCUT2D eigenvalue weighted by atomic mass is 10.0. The standard InChI is InChI=1S/C30H24F3N3O3/c31-25-10-4-1-7-19(25)16-34-28(37)22-13-23(29(38)35-17-20-8-2-5-11-26(20)32)15-24(14-22)30(39)36-18-21-9-3-6-12-27(21)33/h1-15H,16-18H2,(H,34,37)(H,35,38)(H,36,39). The van der Waals surface area contributed by atoms with Crippen molar-refractivity contribution in [2.24, 2.45) is 0 Å². The SMILES string of the molecule is O=C(NCc1ccccc1F)c1cc(C(=O)NCc2ccccc2F)cc(C(=O)NCc2ccccc2F)c1. The molecule has 0 aliphatic rings. The molecule has 39 heavy (non-hydrogen) atoms. The van der Waals surface area contributed by atoms with E-state index in [1.54, 1.807) is 18.2 Å². The second-order valence-electron chi connectivity index (χ2n) is 8.62. The zero-order chi connectivity index (χ0) is 27.8. The largest absolute Gasteiger partial charge is 0.348 e. The van der Waals surface area contributed by atoms with Crippen molar-refractivity contribution >= 4 is 17.7 Å². The molecule has 4 aromatic rings. The first-order valence-corrected chi connectivity index (χ1v) is 12.0. The minimum atomic E-state index is -0.648. The van der Waals surface area contributed by atoms with Gasteiger partial charge >= 0.3 is 0 Å². The maximum atomic E-state index is 14.0. The van der Waals surface area contributed by atoms with Gasteiger partial charge in [-0.2, -0.15) is 0 Å². The predicted molar refractivity (Wildman–Crippen MR) is 139 cm³/mol. The fourth-order valence-electron chi connectivity index (χ4n) is 3.78. The van der Waals surface area contributed by atoms with Crippen LogP contribution in [0.1, 0.15) is 47.8 Å². The van der Waals surface area contributed by atoms with Gasteiger partial charge in [0.15, 0.2) is 0 Å². The summed E-state index contributed by atoms with van der Waals surface area (Å²) in [6, 6.07) is 21.6. The van der Waals surface area contributed by atoms with Gasteiger partial charge in [0.1, 0.15) is 17.5 Å². The van der Waals surface area contributed by atoms with Crippen LogP contribution in [0.5, 0.6) is 0 Å². The molecule has 198 valence electrons. The van der Waals surface area contributed by atoms with Crippen LogP contribution in [0.15, 0.2) is 91.0 Å². The fourth-order valence-corrected chi connectivity index (χ4v) is 3.78. The number of rotatable bonds is 9. The van der Waals surface area contributed by atoms with Crippen LogP contribution in [-0.2, 0) is 19.6 Å². The van der Waals surface area contributed by atoms with Gasteiger partial charge in [-0.3, -0.25) is 14.4 Å². The van der Waals surface area contributed by atoms with Gasteiger partial charge in [0.05, 0.1) is 0 Å². The number of hydrogen-bond acceptors (Lipinski definition) is 3. The molecule has 3 amide bonds. The van der Waals surface area contributed by atoms with E-state index in [4.69, 9.17) is 0 Å². The van der Waals surface area contributed by atoms with Crippen molar-refractivity contribution in [1.82, 2.24) is 16.0 Å². The summed E-state index contributed by atoms with van der Waals surface area (Å²) in [5.74, 6) is -3.42. The Kier molecular flexibility index (Phi) is 8.73.